The van der Waals surface area contributed by atoms with E-state index in [1.165, 1.54) is 34.3 Å². The standard InChI is InChI=1S/C18H16F3N3O4S/c1-12-7-9-14(10-8-12)29(27,28)23-17(18(19,20)21)15(25)24(16(26)22-17)11-13-5-3-2-4-6-13/h2-10,23H,11H2,1H3,(H,22,26)/t17-/m1/s1. The smallest absolute Gasteiger partial charge is 0.303 e. The van der Waals surface area contributed by atoms with Crippen LogP contribution in [0.1, 0.15) is 11.1 Å². The molecule has 0 unspecified atom stereocenters. The third-order valence-corrected chi connectivity index (χ3v) is 5.80. The lowest BCUT2D eigenvalue weighted by atomic mass is 10.1. The van der Waals surface area contributed by atoms with E-state index in [0.717, 1.165) is 12.1 Å². The first-order chi connectivity index (χ1) is 13.5. The molecule has 154 valence electrons. The van der Waals surface area contributed by atoms with Crippen LogP contribution in [-0.4, -0.2) is 37.1 Å². The van der Waals surface area contributed by atoms with Gasteiger partial charge in [-0.3, -0.25) is 9.69 Å². The van der Waals surface area contributed by atoms with Crippen molar-refractivity contribution in [3.05, 3.63) is 65.7 Å². The van der Waals surface area contributed by atoms with Crippen LogP contribution in [-0.2, 0) is 21.4 Å². The number of hydrogen-bond donors (Lipinski definition) is 2. The van der Waals surface area contributed by atoms with Crippen LogP contribution in [0, 0.1) is 6.92 Å². The number of imide groups is 1. The number of halogens is 3. The van der Waals surface area contributed by atoms with Crippen molar-refractivity contribution in [2.45, 2.75) is 30.2 Å². The summed E-state index contributed by atoms with van der Waals surface area (Å²) in [5.74, 6) is -1.76. The van der Waals surface area contributed by atoms with Crippen LogP contribution in [0.2, 0.25) is 0 Å². The average molecular weight is 427 g/mol. The Labute approximate surface area is 164 Å². The fourth-order valence-electron chi connectivity index (χ4n) is 2.78. The molecule has 1 atom stereocenters. The van der Waals surface area contributed by atoms with Crippen LogP contribution in [0.15, 0.2) is 59.5 Å². The van der Waals surface area contributed by atoms with E-state index >= 15 is 0 Å². The van der Waals surface area contributed by atoms with E-state index in [0.29, 0.717) is 16.0 Å². The molecule has 1 heterocycles. The van der Waals surface area contributed by atoms with Crippen molar-refractivity contribution in [3.63, 3.8) is 0 Å². The molecule has 7 nitrogen and oxygen atoms in total. The SMILES string of the molecule is Cc1ccc(S(=O)(=O)N[C@]2(C(F)(F)F)NC(=O)N(Cc3ccccc3)C2=O)cc1. The summed E-state index contributed by atoms with van der Waals surface area (Å²) in [7, 11) is -4.79. The number of nitrogens with one attached hydrogen (secondary N) is 2. The number of carbonyl (C=O) groups excluding carboxylic acids is 2. The van der Waals surface area contributed by atoms with E-state index < -0.39 is 45.2 Å². The fraction of sp³-hybridized carbons (Fsp3) is 0.222. The van der Waals surface area contributed by atoms with Gasteiger partial charge in [0.2, 0.25) is 10.0 Å². The van der Waals surface area contributed by atoms with Crippen LogP contribution < -0.4 is 10.0 Å². The van der Waals surface area contributed by atoms with E-state index in [9.17, 15) is 31.2 Å². The molecule has 0 aromatic heterocycles. The average Bonchev–Trinajstić information content (AvgIpc) is 2.87. The van der Waals surface area contributed by atoms with Gasteiger partial charge in [-0.05, 0) is 24.6 Å². The number of nitrogens with zero attached hydrogens (tertiary/aromatic N) is 1. The van der Waals surface area contributed by atoms with Crippen LogP contribution in [0.3, 0.4) is 0 Å². The van der Waals surface area contributed by atoms with Crippen molar-refractivity contribution in [1.29, 1.82) is 0 Å². The van der Waals surface area contributed by atoms with E-state index in [2.05, 4.69) is 0 Å². The second kappa shape index (κ2) is 7.16. The first-order valence-corrected chi connectivity index (χ1v) is 9.80. The van der Waals surface area contributed by atoms with Gasteiger partial charge in [-0.1, -0.05) is 48.0 Å². The third kappa shape index (κ3) is 3.83. The molecule has 3 rings (SSSR count). The first kappa shape index (κ1) is 20.8. The zero-order valence-electron chi connectivity index (χ0n) is 15.0. The zero-order chi connectivity index (χ0) is 21.4. The van der Waals surface area contributed by atoms with Gasteiger partial charge in [0.1, 0.15) is 0 Å². The maximum atomic E-state index is 13.9. The summed E-state index contributed by atoms with van der Waals surface area (Å²) < 4.78 is 68.1. The van der Waals surface area contributed by atoms with Gasteiger partial charge in [0.25, 0.3) is 11.6 Å². The van der Waals surface area contributed by atoms with Gasteiger partial charge in [0, 0.05) is 0 Å². The van der Waals surface area contributed by atoms with Crippen LogP contribution in [0.4, 0.5) is 18.0 Å². The molecule has 0 radical (unpaired) electrons. The third-order valence-electron chi connectivity index (χ3n) is 4.33. The molecule has 2 aromatic carbocycles. The summed E-state index contributed by atoms with van der Waals surface area (Å²) in [6, 6.07) is 11.5. The molecular formula is C18H16F3N3O4S. The summed E-state index contributed by atoms with van der Waals surface area (Å²) >= 11 is 0. The molecule has 2 aromatic rings. The summed E-state index contributed by atoms with van der Waals surface area (Å²) in [4.78, 5) is 24.7. The Kier molecular flexibility index (Phi) is 5.13. The Morgan fingerprint density at radius 3 is 2.17 bits per heavy atom. The largest absolute Gasteiger partial charge is 0.435 e. The number of carbonyl (C=O) groups is 2. The van der Waals surface area contributed by atoms with Gasteiger partial charge in [0.05, 0.1) is 11.4 Å². The molecule has 2 N–H and O–H groups in total. The zero-order valence-corrected chi connectivity index (χ0v) is 15.8. The Morgan fingerprint density at radius 1 is 1.03 bits per heavy atom. The Hall–Kier alpha value is -2.92. The number of sulfonamides is 1. The molecule has 1 aliphatic heterocycles. The number of alkyl halides is 3. The minimum Gasteiger partial charge on any atom is -0.303 e. The molecule has 0 aliphatic carbocycles. The van der Waals surface area contributed by atoms with E-state index in [4.69, 9.17) is 0 Å². The minimum atomic E-state index is -5.43. The van der Waals surface area contributed by atoms with E-state index in [-0.39, 0.29) is 0 Å². The highest BCUT2D eigenvalue weighted by Gasteiger charge is 2.69. The van der Waals surface area contributed by atoms with Gasteiger partial charge in [0.15, 0.2) is 0 Å². The highest BCUT2D eigenvalue weighted by molar-refractivity contribution is 7.89. The maximum Gasteiger partial charge on any atom is 0.435 e. The molecule has 1 fully saturated rings. The number of aryl methyl sites for hydroxylation is 1. The van der Waals surface area contributed by atoms with Crippen molar-refractivity contribution in [1.82, 2.24) is 14.9 Å². The molecule has 11 heteroatoms. The Bertz CT molecular complexity index is 1040. The maximum absolute atomic E-state index is 13.9. The quantitative estimate of drug-likeness (QED) is 0.716. The summed E-state index contributed by atoms with van der Waals surface area (Å²) in [5.41, 5.74) is -2.72. The molecule has 3 amide bonds. The lowest BCUT2D eigenvalue weighted by Gasteiger charge is -2.29. The van der Waals surface area contributed by atoms with Crippen LogP contribution >= 0.6 is 0 Å². The van der Waals surface area contributed by atoms with Crippen LogP contribution in [0.5, 0.6) is 0 Å². The second-order valence-corrected chi connectivity index (χ2v) is 8.16. The van der Waals surface area contributed by atoms with Crippen molar-refractivity contribution in [2.24, 2.45) is 0 Å². The number of hydrogen-bond acceptors (Lipinski definition) is 4. The fourth-order valence-corrected chi connectivity index (χ4v) is 4.05. The number of benzene rings is 2. The first-order valence-electron chi connectivity index (χ1n) is 8.32. The van der Waals surface area contributed by atoms with E-state index in [1.54, 1.807) is 25.1 Å². The van der Waals surface area contributed by atoms with Crippen molar-refractivity contribution in [3.8, 4) is 0 Å². The molecule has 0 bridgehead atoms. The number of urea groups is 1. The van der Waals surface area contributed by atoms with Gasteiger partial charge in [-0.15, -0.1) is 0 Å². The molecule has 29 heavy (non-hydrogen) atoms. The van der Waals surface area contributed by atoms with Crippen molar-refractivity contribution in [2.75, 3.05) is 0 Å². The van der Waals surface area contributed by atoms with E-state index in [1.807, 2.05) is 0 Å². The molecule has 1 aliphatic rings. The molecule has 1 saturated heterocycles. The van der Waals surface area contributed by atoms with Gasteiger partial charge in [-0.2, -0.15) is 17.9 Å². The van der Waals surface area contributed by atoms with Gasteiger partial charge < -0.3 is 5.32 Å². The van der Waals surface area contributed by atoms with Gasteiger partial charge in [-0.25, -0.2) is 13.2 Å². The normalized spacial score (nSPS) is 20.1. The predicted octanol–water partition coefficient (Wildman–Crippen LogP) is 2.28. The number of amides is 3. The molecule has 0 spiro atoms. The Balaban J connectivity index is 1.98. The van der Waals surface area contributed by atoms with Gasteiger partial charge >= 0.3 is 12.2 Å². The lowest BCUT2D eigenvalue weighted by molar-refractivity contribution is -0.198. The summed E-state index contributed by atoms with van der Waals surface area (Å²) in [5, 5.41) is 1.49. The topological polar surface area (TPSA) is 95.6 Å². The predicted molar refractivity (Wildman–Crippen MR) is 95.8 cm³/mol. The van der Waals surface area contributed by atoms with Crippen LogP contribution in [0.25, 0.3) is 0 Å². The highest BCUT2D eigenvalue weighted by Crippen LogP contribution is 2.35. The molecule has 0 saturated carbocycles. The minimum absolute atomic E-state index is 0.320. The lowest BCUT2D eigenvalue weighted by Crippen LogP contribution is -2.69. The second-order valence-electron chi connectivity index (χ2n) is 6.47. The summed E-state index contributed by atoms with van der Waals surface area (Å²) in [6.07, 6.45) is -5.43. The number of rotatable bonds is 5. The van der Waals surface area contributed by atoms with Crippen molar-refractivity contribution >= 4 is 22.0 Å². The highest BCUT2D eigenvalue weighted by atomic mass is 32.2. The molecular weight excluding hydrogens is 411 g/mol. The van der Waals surface area contributed by atoms with Crippen molar-refractivity contribution < 1.29 is 31.2 Å². The monoisotopic (exact) mass is 427 g/mol. The Morgan fingerprint density at radius 2 is 1.62 bits per heavy atom. The summed E-state index contributed by atoms with van der Waals surface area (Å²) in [6.45, 7) is 1.22.